The third-order valence-electron chi connectivity index (χ3n) is 2.83. The lowest BCUT2D eigenvalue weighted by Gasteiger charge is -2.50. The summed E-state index contributed by atoms with van der Waals surface area (Å²) in [4.78, 5) is 1.92. The SMILES string of the molecule is CCN1CCC(C)CC12OS(=O)(=O)O2. The van der Waals surface area contributed by atoms with E-state index in [1.54, 1.807) is 0 Å². The molecule has 1 spiro atoms. The molecule has 0 N–H and O–H groups in total. The number of piperidine rings is 1. The van der Waals surface area contributed by atoms with Crippen molar-refractivity contribution in [1.82, 2.24) is 4.90 Å². The van der Waals surface area contributed by atoms with Crippen molar-refractivity contribution in [3.63, 3.8) is 0 Å². The Hall–Kier alpha value is -0.170. The molecule has 2 rings (SSSR count). The molecular formula is C8H15NO4S. The maximum absolute atomic E-state index is 10.9. The van der Waals surface area contributed by atoms with E-state index in [1.807, 2.05) is 11.8 Å². The van der Waals surface area contributed by atoms with Crippen LogP contribution in [0.1, 0.15) is 26.7 Å². The van der Waals surface area contributed by atoms with Crippen molar-refractivity contribution < 1.29 is 16.8 Å². The first-order chi connectivity index (χ1) is 6.47. The molecule has 14 heavy (non-hydrogen) atoms. The highest BCUT2D eigenvalue weighted by atomic mass is 32.3. The third-order valence-corrected chi connectivity index (χ3v) is 3.76. The van der Waals surface area contributed by atoms with Gasteiger partial charge in [0.05, 0.1) is 0 Å². The van der Waals surface area contributed by atoms with E-state index >= 15 is 0 Å². The maximum atomic E-state index is 10.9. The minimum absolute atomic E-state index is 0.438. The van der Waals surface area contributed by atoms with E-state index in [4.69, 9.17) is 8.37 Å². The molecule has 0 saturated carbocycles. The van der Waals surface area contributed by atoms with Crippen molar-refractivity contribution in [2.45, 2.75) is 32.6 Å². The van der Waals surface area contributed by atoms with E-state index in [2.05, 4.69) is 6.92 Å². The van der Waals surface area contributed by atoms with Crippen LogP contribution in [0.2, 0.25) is 0 Å². The van der Waals surface area contributed by atoms with Gasteiger partial charge in [-0.05, 0) is 12.3 Å². The van der Waals surface area contributed by atoms with Gasteiger partial charge in [-0.25, -0.2) is 0 Å². The molecule has 0 radical (unpaired) electrons. The van der Waals surface area contributed by atoms with E-state index in [0.717, 1.165) is 19.5 Å². The highest BCUT2D eigenvalue weighted by Crippen LogP contribution is 2.42. The molecule has 2 saturated heterocycles. The van der Waals surface area contributed by atoms with Crippen molar-refractivity contribution in [3.8, 4) is 0 Å². The number of nitrogens with zero attached hydrogens (tertiary/aromatic N) is 1. The fourth-order valence-corrected chi connectivity index (χ4v) is 3.11. The number of likely N-dealkylation sites (tertiary alicyclic amines) is 1. The molecule has 6 heteroatoms. The molecule has 0 aromatic carbocycles. The summed E-state index contributed by atoms with van der Waals surface area (Å²) in [6.07, 6.45) is 1.68. The Kier molecular flexibility index (Phi) is 2.34. The molecule has 0 aliphatic carbocycles. The Morgan fingerprint density at radius 1 is 1.50 bits per heavy atom. The molecule has 5 nitrogen and oxygen atoms in total. The second kappa shape index (κ2) is 3.16. The Morgan fingerprint density at radius 2 is 2.14 bits per heavy atom. The third kappa shape index (κ3) is 1.56. The fourth-order valence-electron chi connectivity index (χ4n) is 2.12. The fraction of sp³-hybridized carbons (Fsp3) is 1.00. The lowest BCUT2D eigenvalue weighted by Crippen LogP contribution is -2.64. The van der Waals surface area contributed by atoms with Crippen LogP contribution >= 0.6 is 0 Å². The van der Waals surface area contributed by atoms with Crippen LogP contribution in [-0.2, 0) is 18.8 Å². The molecule has 2 aliphatic heterocycles. The quantitative estimate of drug-likeness (QED) is 0.652. The van der Waals surface area contributed by atoms with Crippen molar-refractivity contribution >= 4 is 10.4 Å². The van der Waals surface area contributed by atoms with E-state index in [-0.39, 0.29) is 0 Å². The van der Waals surface area contributed by atoms with Gasteiger partial charge in [-0.15, -0.1) is 0 Å². The average molecular weight is 221 g/mol. The van der Waals surface area contributed by atoms with Crippen molar-refractivity contribution in [2.24, 2.45) is 5.92 Å². The highest BCUT2D eigenvalue weighted by Gasteiger charge is 2.58. The van der Waals surface area contributed by atoms with Crippen LogP contribution in [0.4, 0.5) is 0 Å². The highest BCUT2D eigenvalue weighted by molar-refractivity contribution is 7.82. The molecular weight excluding hydrogens is 206 g/mol. The summed E-state index contributed by atoms with van der Waals surface area (Å²) >= 11 is 0. The van der Waals surface area contributed by atoms with Gasteiger partial charge in [-0.1, -0.05) is 13.8 Å². The number of hydrogen-bond donors (Lipinski definition) is 0. The Bertz CT molecular complexity index is 314. The average Bonchev–Trinajstić information content (AvgIpc) is 2.00. The van der Waals surface area contributed by atoms with Crippen LogP contribution in [0.3, 0.4) is 0 Å². The van der Waals surface area contributed by atoms with Gasteiger partial charge in [0, 0.05) is 19.5 Å². The molecule has 82 valence electrons. The standard InChI is InChI=1S/C8H15NO4S/c1-3-9-5-4-7(2)6-8(9)12-14(10,11)13-8/h7H,3-6H2,1-2H3. The molecule has 1 atom stereocenters. The molecule has 0 aromatic rings. The zero-order chi connectivity index (χ0) is 10.4. The van der Waals surface area contributed by atoms with Crippen molar-refractivity contribution in [3.05, 3.63) is 0 Å². The van der Waals surface area contributed by atoms with E-state index in [0.29, 0.717) is 12.3 Å². The van der Waals surface area contributed by atoms with Gasteiger partial charge >= 0.3 is 10.4 Å². The summed E-state index contributed by atoms with van der Waals surface area (Å²) < 4.78 is 31.5. The van der Waals surface area contributed by atoms with E-state index in [9.17, 15) is 8.42 Å². The second-order valence-corrected chi connectivity index (χ2v) is 5.12. The lowest BCUT2D eigenvalue weighted by molar-refractivity contribution is -0.300. The predicted octanol–water partition coefficient (Wildman–Crippen LogP) is 0.684. The number of hydrogen-bond acceptors (Lipinski definition) is 5. The Morgan fingerprint density at radius 3 is 2.64 bits per heavy atom. The lowest BCUT2D eigenvalue weighted by atomic mass is 9.96. The van der Waals surface area contributed by atoms with Gasteiger partial charge in [0.2, 0.25) is 0 Å². The largest absolute Gasteiger partial charge is 0.407 e. The maximum Gasteiger partial charge on any atom is 0.407 e. The smallest absolute Gasteiger partial charge is 0.251 e. The molecule has 0 amide bonds. The van der Waals surface area contributed by atoms with Crippen LogP contribution in [0, 0.1) is 5.92 Å². The van der Waals surface area contributed by atoms with Gasteiger partial charge in [-0.2, -0.15) is 16.8 Å². The summed E-state index contributed by atoms with van der Waals surface area (Å²) in [5.41, 5.74) is 0. The monoisotopic (exact) mass is 221 g/mol. The zero-order valence-electron chi connectivity index (χ0n) is 8.39. The minimum Gasteiger partial charge on any atom is -0.251 e. The first kappa shape index (κ1) is 10.4. The minimum atomic E-state index is -3.70. The molecule has 0 bridgehead atoms. The first-order valence-corrected chi connectivity index (χ1v) is 6.22. The first-order valence-electron chi connectivity index (χ1n) is 4.89. The van der Waals surface area contributed by atoms with Gasteiger partial charge < -0.3 is 0 Å². The Balaban J connectivity index is 2.15. The van der Waals surface area contributed by atoms with E-state index in [1.165, 1.54) is 0 Å². The zero-order valence-corrected chi connectivity index (χ0v) is 9.21. The summed E-state index contributed by atoms with van der Waals surface area (Å²) in [5, 5.41) is 0. The van der Waals surface area contributed by atoms with Gasteiger partial charge in [0.1, 0.15) is 0 Å². The topological polar surface area (TPSA) is 55.8 Å². The molecule has 2 aliphatic rings. The molecule has 0 aromatic heterocycles. The molecule has 2 heterocycles. The molecule has 2 fully saturated rings. The Labute approximate surface area is 84.3 Å². The van der Waals surface area contributed by atoms with Gasteiger partial charge in [0.15, 0.2) is 0 Å². The van der Waals surface area contributed by atoms with Crippen molar-refractivity contribution in [1.29, 1.82) is 0 Å². The molecule has 1 unspecified atom stereocenters. The van der Waals surface area contributed by atoms with Crippen LogP contribution in [0.5, 0.6) is 0 Å². The van der Waals surface area contributed by atoms with Crippen LogP contribution in [0.25, 0.3) is 0 Å². The van der Waals surface area contributed by atoms with E-state index < -0.39 is 16.3 Å². The summed E-state index contributed by atoms with van der Waals surface area (Å²) in [7, 11) is -3.70. The number of rotatable bonds is 1. The predicted molar refractivity (Wildman–Crippen MR) is 49.5 cm³/mol. The van der Waals surface area contributed by atoms with Crippen molar-refractivity contribution in [2.75, 3.05) is 13.1 Å². The summed E-state index contributed by atoms with van der Waals surface area (Å²) in [6.45, 7) is 5.61. The normalized spacial score (nSPS) is 35.4. The summed E-state index contributed by atoms with van der Waals surface area (Å²) in [5.74, 6) is -0.543. The second-order valence-electron chi connectivity index (χ2n) is 3.97. The van der Waals surface area contributed by atoms with Crippen LogP contribution in [0.15, 0.2) is 0 Å². The van der Waals surface area contributed by atoms with Gasteiger partial charge in [-0.3, -0.25) is 4.90 Å². The van der Waals surface area contributed by atoms with Gasteiger partial charge in [0.25, 0.3) is 5.91 Å². The summed E-state index contributed by atoms with van der Waals surface area (Å²) in [6, 6.07) is 0. The van der Waals surface area contributed by atoms with Crippen LogP contribution in [-0.4, -0.2) is 32.3 Å². The van der Waals surface area contributed by atoms with Crippen LogP contribution < -0.4 is 0 Å².